The van der Waals surface area contributed by atoms with Gasteiger partial charge in [0.25, 0.3) is 5.91 Å². The van der Waals surface area contributed by atoms with Gasteiger partial charge in [0.15, 0.2) is 0 Å². The lowest BCUT2D eigenvalue weighted by Crippen LogP contribution is -2.72. The number of carbonyl (C=O) groups excluding carboxylic acids is 3. The third-order valence-corrected chi connectivity index (χ3v) is 5.87. The van der Waals surface area contributed by atoms with Crippen LogP contribution in [0.1, 0.15) is 19.8 Å². The van der Waals surface area contributed by atoms with Crippen LogP contribution >= 0.6 is 11.8 Å². The van der Waals surface area contributed by atoms with E-state index in [1.54, 1.807) is 0 Å². The van der Waals surface area contributed by atoms with E-state index in [0.29, 0.717) is 0 Å². The number of amides is 2. The highest BCUT2D eigenvalue weighted by Gasteiger charge is 2.55. The zero-order chi connectivity index (χ0) is 21.9. The second kappa shape index (κ2) is 8.66. The Kier molecular flexibility index (Phi) is 6.69. The van der Waals surface area contributed by atoms with Crippen molar-refractivity contribution in [3.63, 3.8) is 0 Å². The van der Waals surface area contributed by atoms with E-state index in [4.69, 9.17) is 15.6 Å². The lowest BCUT2D eigenvalue weighted by molar-refractivity contribution is -0.151. The van der Waals surface area contributed by atoms with Crippen molar-refractivity contribution in [3.05, 3.63) is 23.9 Å². The van der Waals surface area contributed by atoms with Crippen molar-refractivity contribution in [2.24, 2.45) is 5.73 Å². The molecule has 0 radical (unpaired) electrons. The summed E-state index contributed by atoms with van der Waals surface area (Å²) >= 11 is 1.20. The van der Waals surface area contributed by atoms with Gasteiger partial charge >= 0.3 is 17.9 Å². The minimum absolute atomic E-state index is 0.184. The van der Waals surface area contributed by atoms with Gasteiger partial charge in [0, 0.05) is 24.7 Å². The topological polar surface area (TPSA) is 176 Å². The van der Waals surface area contributed by atoms with Crippen LogP contribution in [0.15, 0.2) is 23.9 Å². The van der Waals surface area contributed by atoms with Gasteiger partial charge in [-0.15, -0.1) is 18.3 Å². The third-order valence-electron chi connectivity index (χ3n) is 4.53. The number of carbonyl (C=O) groups is 5. The Bertz CT molecular complexity index is 810. The molecule has 1 fully saturated rings. The maximum absolute atomic E-state index is 12.5. The Hall–Kier alpha value is -2.86. The Labute approximate surface area is 169 Å². The van der Waals surface area contributed by atoms with Gasteiger partial charge < -0.3 is 26.0 Å². The molecule has 2 rings (SSSR count). The number of hydrogen-bond donors (Lipinski definition) is 4. The molecule has 0 aliphatic carbocycles. The first kappa shape index (κ1) is 22.4. The summed E-state index contributed by atoms with van der Waals surface area (Å²) in [6.45, 7) is 4.39. The number of nitrogens with two attached hydrogens (primary N) is 1. The Balaban J connectivity index is 2.15. The van der Waals surface area contributed by atoms with Crippen molar-refractivity contribution < 1.29 is 38.9 Å². The number of carboxylic acid groups (broad SMARTS) is 2. The average Bonchev–Trinajstić information content (AvgIpc) is 2.67. The molecule has 3 unspecified atom stereocenters. The molecule has 12 heteroatoms. The molecule has 2 heterocycles. The molecule has 1 saturated heterocycles. The van der Waals surface area contributed by atoms with Crippen LogP contribution in [0.2, 0.25) is 0 Å². The molecule has 5 N–H and O–H groups in total. The van der Waals surface area contributed by atoms with Crippen molar-refractivity contribution in [2.45, 2.75) is 36.7 Å². The molecular weight excluding hydrogens is 406 g/mol. The van der Waals surface area contributed by atoms with Crippen molar-refractivity contribution in [3.8, 4) is 0 Å². The third kappa shape index (κ3) is 4.59. The lowest BCUT2D eigenvalue weighted by Gasteiger charge is -2.49. The number of carboxylic acids is 2. The monoisotopic (exact) mass is 427 g/mol. The molecule has 0 saturated carbocycles. The van der Waals surface area contributed by atoms with Crippen LogP contribution in [0, 0.1) is 0 Å². The summed E-state index contributed by atoms with van der Waals surface area (Å²) in [5, 5.41) is 20.1. The van der Waals surface area contributed by atoms with Crippen LogP contribution in [0.4, 0.5) is 0 Å². The highest BCUT2D eigenvalue weighted by Crippen LogP contribution is 2.40. The second-order valence-electron chi connectivity index (χ2n) is 6.54. The van der Waals surface area contributed by atoms with E-state index in [1.165, 1.54) is 18.7 Å². The summed E-state index contributed by atoms with van der Waals surface area (Å²) in [7, 11) is 0. The maximum atomic E-state index is 12.5. The van der Waals surface area contributed by atoms with E-state index in [-0.39, 0.29) is 36.5 Å². The number of rotatable bonds is 9. The number of fused-ring (bicyclic) bond motifs is 1. The van der Waals surface area contributed by atoms with Gasteiger partial charge in [-0.1, -0.05) is 6.08 Å². The fourth-order valence-corrected chi connectivity index (χ4v) is 4.21. The smallest absolute Gasteiger partial charge is 0.352 e. The van der Waals surface area contributed by atoms with Gasteiger partial charge in [0.05, 0.1) is 0 Å². The average molecular weight is 427 g/mol. The largest absolute Gasteiger partial charge is 0.481 e. The summed E-state index contributed by atoms with van der Waals surface area (Å²) < 4.78 is 4.84. The SMILES string of the molecule is C=CC(N)(CCC(=O)O)C(=O)NC1C(=O)N2C(C(=O)O)=C(COC(C)=O)CSC12. The van der Waals surface area contributed by atoms with Crippen molar-refractivity contribution in [1.82, 2.24) is 10.2 Å². The summed E-state index contributed by atoms with van der Waals surface area (Å²) in [5.41, 5.74) is 4.22. The number of nitrogens with zero attached hydrogens (tertiary/aromatic N) is 1. The van der Waals surface area contributed by atoms with Gasteiger partial charge in [0.2, 0.25) is 5.91 Å². The summed E-state index contributed by atoms with van der Waals surface area (Å²) in [6, 6.07) is -1.02. The van der Waals surface area contributed by atoms with E-state index in [9.17, 15) is 29.1 Å². The fraction of sp³-hybridized carbons (Fsp3) is 0.471. The van der Waals surface area contributed by atoms with Crippen LogP contribution in [0.3, 0.4) is 0 Å². The van der Waals surface area contributed by atoms with Crippen molar-refractivity contribution in [2.75, 3.05) is 12.4 Å². The normalized spacial score (nSPS) is 22.7. The highest BCUT2D eigenvalue weighted by atomic mass is 32.2. The van der Waals surface area contributed by atoms with Gasteiger partial charge in [-0.05, 0) is 6.42 Å². The Morgan fingerprint density at radius 3 is 2.59 bits per heavy atom. The minimum atomic E-state index is -1.69. The summed E-state index contributed by atoms with van der Waals surface area (Å²) in [4.78, 5) is 59.5. The molecule has 29 heavy (non-hydrogen) atoms. The summed E-state index contributed by atoms with van der Waals surface area (Å²) in [5.74, 6) is -4.32. The van der Waals surface area contributed by atoms with Gasteiger partial charge in [0.1, 0.15) is 29.3 Å². The summed E-state index contributed by atoms with van der Waals surface area (Å²) in [6.07, 6.45) is 0.525. The van der Waals surface area contributed by atoms with Gasteiger partial charge in [-0.25, -0.2) is 4.79 Å². The molecule has 0 aromatic heterocycles. The number of nitrogens with one attached hydrogen (secondary N) is 1. The van der Waals surface area contributed by atoms with Crippen LogP contribution in [0.25, 0.3) is 0 Å². The molecular formula is C17H21N3O8S. The predicted molar refractivity (Wildman–Crippen MR) is 100 cm³/mol. The standard InChI is InChI=1S/C17H21N3O8S/c1-3-17(18,5-4-10(22)23)16(27)19-11-13(24)20-12(15(25)26)9(6-28-8(2)21)7-29-14(11)20/h3,11,14H,1,4-7,18H2,2H3,(H,19,27)(H,22,23)(H,25,26). The number of β-lactam (4-membered cyclic amide) rings is 1. The van der Waals surface area contributed by atoms with Crippen LogP contribution in [0.5, 0.6) is 0 Å². The molecule has 0 aromatic carbocycles. The number of thioether (sulfide) groups is 1. The fourth-order valence-electron chi connectivity index (χ4n) is 2.88. The number of aliphatic carboxylic acids is 2. The molecule has 2 aliphatic rings. The van der Waals surface area contributed by atoms with E-state index < -0.39 is 46.7 Å². The number of esters is 1. The molecule has 2 amide bonds. The highest BCUT2D eigenvalue weighted by molar-refractivity contribution is 8.00. The molecule has 2 aliphatic heterocycles. The van der Waals surface area contributed by atoms with Crippen LogP contribution in [-0.4, -0.2) is 74.1 Å². The molecule has 0 spiro atoms. The van der Waals surface area contributed by atoms with Gasteiger partial charge in [-0.3, -0.25) is 24.1 Å². The van der Waals surface area contributed by atoms with Crippen molar-refractivity contribution in [1.29, 1.82) is 0 Å². The van der Waals surface area contributed by atoms with E-state index in [0.717, 1.165) is 11.0 Å². The number of ether oxygens (including phenoxy) is 1. The first-order valence-electron chi connectivity index (χ1n) is 8.50. The molecule has 0 bridgehead atoms. The lowest BCUT2D eigenvalue weighted by atomic mass is 9.92. The van der Waals surface area contributed by atoms with Crippen LogP contribution < -0.4 is 11.1 Å². The second-order valence-corrected chi connectivity index (χ2v) is 7.64. The maximum Gasteiger partial charge on any atom is 0.352 e. The molecule has 158 valence electrons. The zero-order valence-electron chi connectivity index (χ0n) is 15.5. The first-order chi connectivity index (χ1) is 13.5. The van der Waals surface area contributed by atoms with Gasteiger partial charge in [-0.2, -0.15) is 0 Å². The van der Waals surface area contributed by atoms with E-state index >= 15 is 0 Å². The predicted octanol–water partition coefficient (Wildman–Crippen LogP) is -0.964. The van der Waals surface area contributed by atoms with Crippen molar-refractivity contribution >= 4 is 41.5 Å². The van der Waals surface area contributed by atoms with E-state index in [2.05, 4.69) is 11.9 Å². The number of hydrogen-bond acceptors (Lipinski definition) is 8. The molecule has 11 nitrogen and oxygen atoms in total. The molecule has 0 aromatic rings. The van der Waals surface area contributed by atoms with E-state index in [1.807, 2.05) is 0 Å². The van der Waals surface area contributed by atoms with Crippen LogP contribution in [-0.2, 0) is 28.7 Å². The Morgan fingerprint density at radius 2 is 2.07 bits per heavy atom. The molecule has 3 atom stereocenters. The quantitative estimate of drug-likeness (QED) is 0.203. The minimum Gasteiger partial charge on any atom is -0.481 e. The Morgan fingerprint density at radius 1 is 1.41 bits per heavy atom. The zero-order valence-corrected chi connectivity index (χ0v) is 16.4. The first-order valence-corrected chi connectivity index (χ1v) is 9.55.